The average molecular weight is 298 g/mol. The highest BCUT2D eigenvalue weighted by Gasteiger charge is 2.30. The minimum atomic E-state index is -4.71. The quantitative estimate of drug-likeness (QED) is 0.597. The van der Waals surface area contributed by atoms with Gasteiger partial charge in [0.15, 0.2) is 0 Å². The van der Waals surface area contributed by atoms with Gasteiger partial charge < -0.3 is 20.9 Å². The third-order valence-electron chi connectivity index (χ3n) is 2.67. The molecule has 0 spiro atoms. The maximum absolute atomic E-state index is 12.0. The fourth-order valence-electron chi connectivity index (χ4n) is 1.72. The summed E-state index contributed by atoms with van der Waals surface area (Å²) in [7, 11) is 0. The summed E-state index contributed by atoms with van der Waals surface area (Å²) in [6.45, 7) is 0.288. The van der Waals surface area contributed by atoms with E-state index in [0.29, 0.717) is 16.9 Å². The average Bonchev–Trinajstić information content (AvgIpc) is 2.40. The fourth-order valence-corrected chi connectivity index (χ4v) is 1.72. The first kappa shape index (κ1) is 14.8. The van der Waals surface area contributed by atoms with E-state index in [2.05, 4.69) is 10.1 Å². The molecular weight excluding hydrogens is 285 g/mol. The van der Waals surface area contributed by atoms with Gasteiger partial charge >= 0.3 is 6.36 Å². The van der Waals surface area contributed by atoms with Crippen molar-refractivity contribution in [2.75, 3.05) is 11.1 Å². The lowest BCUT2D eigenvalue weighted by Gasteiger charge is -2.11. The second-order valence-corrected chi connectivity index (χ2v) is 4.31. The molecular formula is C14H13F3N2O2. The molecule has 0 fully saturated rings. The second kappa shape index (κ2) is 5.82. The van der Waals surface area contributed by atoms with Crippen LogP contribution in [0.2, 0.25) is 0 Å². The van der Waals surface area contributed by atoms with E-state index in [1.165, 1.54) is 30.3 Å². The van der Waals surface area contributed by atoms with Crippen LogP contribution in [0.25, 0.3) is 0 Å². The molecule has 0 unspecified atom stereocenters. The van der Waals surface area contributed by atoms with Crippen LogP contribution >= 0.6 is 0 Å². The van der Waals surface area contributed by atoms with Crippen molar-refractivity contribution in [3.63, 3.8) is 0 Å². The Morgan fingerprint density at radius 1 is 1.10 bits per heavy atom. The number of benzene rings is 2. The number of rotatable bonds is 4. The van der Waals surface area contributed by atoms with Crippen LogP contribution in [0.15, 0.2) is 42.5 Å². The molecule has 0 aromatic heterocycles. The van der Waals surface area contributed by atoms with E-state index in [0.717, 1.165) is 0 Å². The number of anilines is 2. The molecule has 0 bridgehead atoms. The van der Waals surface area contributed by atoms with Gasteiger partial charge in [-0.25, -0.2) is 0 Å². The van der Waals surface area contributed by atoms with E-state index in [1.807, 2.05) is 0 Å². The Bertz CT molecular complexity index is 613. The van der Waals surface area contributed by atoms with E-state index >= 15 is 0 Å². The molecule has 0 saturated carbocycles. The Morgan fingerprint density at radius 3 is 2.38 bits per heavy atom. The normalized spacial score (nSPS) is 11.2. The van der Waals surface area contributed by atoms with Gasteiger partial charge in [-0.05, 0) is 42.5 Å². The van der Waals surface area contributed by atoms with Gasteiger partial charge in [0.2, 0.25) is 0 Å². The minimum Gasteiger partial charge on any atom is -0.508 e. The summed E-state index contributed by atoms with van der Waals surface area (Å²) in [6.07, 6.45) is -4.71. The van der Waals surface area contributed by atoms with Crippen LogP contribution in [-0.2, 0) is 6.54 Å². The molecule has 0 heterocycles. The predicted octanol–water partition coefficient (Wildman–Crippen LogP) is 3.49. The molecule has 0 radical (unpaired) electrons. The fraction of sp³-hybridized carbons (Fsp3) is 0.143. The summed E-state index contributed by atoms with van der Waals surface area (Å²) < 4.78 is 39.8. The summed E-state index contributed by atoms with van der Waals surface area (Å²) >= 11 is 0. The van der Waals surface area contributed by atoms with Gasteiger partial charge in [-0.3, -0.25) is 0 Å². The van der Waals surface area contributed by atoms with Crippen molar-refractivity contribution in [1.82, 2.24) is 0 Å². The summed E-state index contributed by atoms with van der Waals surface area (Å²) in [5, 5.41) is 12.6. The number of aromatic hydroxyl groups is 1. The molecule has 21 heavy (non-hydrogen) atoms. The number of halogens is 3. The van der Waals surface area contributed by atoms with Crippen molar-refractivity contribution in [2.45, 2.75) is 12.9 Å². The largest absolute Gasteiger partial charge is 0.573 e. The first-order chi connectivity index (χ1) is 9.83. The zero-order valence-electron chi connectivity index (χ0n) is 10.8. The summed E-state index contributed by atoms with van der Waals surface area (Å²) in [5.74, 6) is -0.200. The molecule has 0 aliphatic heterocycles. The lowest BCUT2D eigenvalue weighted by molar-refractivity contribution is -0.274. The van der Waals surface area contributed by atoms with Crippen molar-refractivity contribution in [3.8, 4) is 11.5 Å². The molecule has 7 heteroatoms. The summed E-state index contributed by atoms with van der Waals surface area (Å²) in [4.78, 5) is 0. The first-order valence-corrected chi connectivity index (χ1v) is 6.00. The van der Waals surface area contributed by atoms with Gasteiger partial charge in [-0.15, -0.1) is 13.2 Å². The van der Waals surface area contributed by atoms with E-state index < -0.39 is 6.36 Å². The monoisotopic (exact) mass is 298 g/mol. The lowest BCUT2D eigenvalue weighted by atomic mass is 10.1. The van der Waals surface area contributed by atoms with Gasteiger partial charge in [0.1, 0.15) is 11.5 Å². The SMILES string of the molecule is Nc1ccc(O)c(CNc2ccc(OC(F)(F)F)cc2)c1. The number of nitrogen functional groups attached to an aromatic ring is 1. The van der Waals surface area contributed by atoms with Crippen LogP contribution in [0.5, 0.6) is 11.5 Å². The van der Waals surface area contributed by atoms with Gasteiger partial charge in [0, 0.05) is 23.5 Å². The number of nitrogens with two attached hydrogens (primary N) is 1. The van der Waals surface area contributed by atoms with E-state index in [4.69, 9.17) is 5.73 Å². The molecule has 4 nitrogen and oxygen atoms in total. The number of ether oxygens (including phenoxy) is 1. The summed E-state index contributed by atoms with van der Waals surface area (Å²) in [6, 6.07) is 9.97. The highest BCUT2D eigenvalue weighted by atomic mass is 19.4. The van der Waals surface area contributed by atoms with Gasteiger partial charge in [-0.1, -0.05) is 0 Å². The molecule has 112 valence electrons. The van der Waals surface area contributed by atoms with Crippen molar-refractivity contribution in [3.05, 3.63) is 48.0 Å². The third kappa shape index (κ3) is 4.48. The Kier molecular flexibility index (Phi) is 4.11. The molecule has 0 atom stereocenters. The topological polar surface area (TPSA) is 67.5 Å². The zero-order chi connectivity index (χ0) is 15.5. The van der Waals surface area contributed by atoms with Crippen molar-refractivity contribution in [1.29, 1.82) is 0 Å². The predicted molar refractivity (Wildman–Crippen MR) is 73.0 cm³/mol. The Morgan fingerprint density at radius 2 is 1.76 bits per heavy atom. The van der Waals surface area contributed by atoms with Crippen molar-refractivity contribution >= 4 is 11.4 Å². The molecule has 2 aromatic rings. The number of nitrogens with one attached hydrogen (secondary N) is 1. The highest BCUT2D eigenvalue weighted by Crippen LogP contribution is 2.25. The maximum Gasteiger partial charge on any atom is 0.573 e. The Hall–Kier alpha value is -2.57. The third-order valence-corrected chi connectivity index (χ3v) is 2.67. The molecule has 4 N–H and O–H groups in total. The van der Waals surface area contributed by atoms with Crippen LogP contribution in [0.1, 0.15) is 5.56 Å². The lowest BCUT2D eigenvalue weighted by Crippen LogP contribution is -2.17. The molecule has 2 aromatic carbocycles. The molecule has 0 saturated heterocycles. The van der Waals surface area contributed by atoms with Crippen LogP contribution < -0.4 is 15.8 Å². The van der Waals surface area contributed by atoms with Crippen LogP contribution in [0, 0.1) is 0 Å². The van der Waals surface area contributed by atoms with Gasteiger partial charge in [0.05, 0.1) is 0 Å². The smallest absolute Gasteiger partial charge is 0.508 e. The number of hydrogen-bond donors (Lipinski definition) is 3. The number of hydrogen-bond acceptors (Lipinski definition) is 4. The van der Waals surface area contributed by atoms with E-state index in [-0.39, 0.29) is 18.0 Å². The summed E-state index contributed by atoms with van der Waals surface area (Å²) in [5.41, 5.74) is 7.30. The number of phenolic OH excluding ortho intramolecular Hbond substituents is 1. The minimum absolute atomic E-state index is 0.0914. The highest BCUT2D eigenvalue weighted by molar-refractivity contribution is 5.51. The van der Waals surface area contributed by atoms with Crippen molar-refractivity contribution < 1.29 is 23.0 Å². The van der Waals surface area contributed by atoms with Crippen LogP contribution in [0.3, 0.4) is 0 Å². The van der Waals surface area contributed by atoms with Gasteiger partial charge in [0.25, 0.3) is 0 Å². The van der Waals surface area contributed by atoms with Crippen LogP contribution in [-0.4, -0.2) is 11.5 Å². The number of phenols is 1. The standard InChI is InChI=1S/C14H13F3N2O2/c15-14(16,17)21-12-4-2-11(3-5-12)19-8-9-7-10(18)1-6-13(9)20/h1-7,19-20H,8,18H2. The number of alkyl halides is 3. The molecule has 0 aliphatic carbocycles. The Balaban J connectivity index is 1.99. The van der Waals surface area contributed by atoms with E-state index in [1.54, 1.807) is 12.1 Å². The first-order valence-electron chi connectivity index (χ1n) is 6.00. The second-order valence-electron chi connectivity index (χ2n) is 4.31. The Labute approximate surface area is 119 Å². The van der Waals surface area contributed by atoms with Crippen molar-refractivity contribution in [2.24, 2.45) is 0 Å². The molecule has 0 aliphatic rings. The van der Waals surface area contributed by atoms with E-state index in [9.17, 15) is 18.3 Å². The maximum atomic E-state index is 12.0. The molecule has 0 amide bonds. The van der Waals surface area contributed by atoms with Gasteiger partial charge in [-0.2, -0.15) is 0 Å². The van der Waals surface area contributed by atoms with Crippen LogP contribution in [0.4, 0.5) is 24.5 Å². The zero-order valence-corrected chi connectivity index (χ0v) is 10.8. The molecule has 2 rings (SSSR count).